The van der Waals surface area contributed by atoms with Crippen LogP contribution < -0.4 is 10.8 Å². The Bertz CT molecular complexity index is 491. The summed E-state index contributed by atoms with van der Waals surface area (Å²) in [5, 5.41) is 1.61. The van der Waals surface area contributed by atoms with Gasteiger partial charge in [-0.25, -0.2) is 4.79 Å². The number of nitrogens with two attached hydrogens (primary N) is 1. The lowest BCUT2D eigenvalue weighted by Gasteiger charge is -2.37. The monoisotopic (exact) mass is 291 g/mol. The van der Waals surface area contributed by atoms with Crippen LogP contribution in [0, 0.1) is 0 Å². The maximum Gasteiger partial charge on any atom is 0.434 e. The molecule has 0 atom stereocenters. The molecule has 1 heterocycles. The van der Waals surface area contributed by atoms with Gasteiger partial charge in [-0.1, -0.05) is 12.1 Å². The first-order valence-electron chi connectivity index (χ1n) is 7.51. The summed E-state index contributed by atoms with van der Waals surface area (Å²) in [5.74, 6) is 0. The van der Waals surface area contributed by atoms with Gasteiger partial charge in [-0.2, -0.15) is 5.06 Å². The molecule has 0 spiro atoms. The second-order valence-corrected chi connectivity index (χ2v) is 6.43. The Kier molecular flexibility index (Phi) is 4.60. The maximum atomic E-state index is 12.4. The number of hydroxylamine groups is 1. The topological polar surface area (TPSA) is 58.8 Å². The Labute approximate surface area is 126 Å². The molecule has 1 amide bonds. The molecule has 5 nitrogen and oxygen atoms in total. The van der Waals surface area contributed by atoms with Crippen molar-refractivity contribution < 1.29 is 9.63 Å². The van der Waals surface area contributed by atoms with Crippen molar-refractivity contribution in [3.63, 3.8) is 0 Å². The number of hydrogen-bond acceptors (Lipinski definition) is 4. The lowest BCUT2D eigenvalue weighted by molar-refractivity contribution is 0.0646. The predicted molar refractivity (Wildman–Crippen MR) is 85.0 cm³/mol. The molecule has 1 saturated heterocycles. The van der Waals surface area contributed by atoms with Gasteiger partial charge in [0.25, 0.3) is 0 Å². The smallest absolute Gasteiger partial charge is 0.397 e. The second kappa shape index (κ2) is 6.24. The molecule has 0 aliphatic carbocycles. The molecule has 1 aromatic rings. The molecular formula is C16H25N3O2. The number of hydrogen-bond donors (Lipinski definition) is 1. The molecule has 0 bridgehead atoms. The number of carbonyl (C=O) groups is 1. The van der Waals surface area contributed by atoms with Crippen LogP contribution >= 0.6 is 0 Å². The normalized spacial score (nSPS) is 15.7. The highest BCUT2D eigenvalue weighted by Gasteiger charge is 2.29. The third-order valence-corrected chi connectivity index (χ3v) is 3.55. The van der Waals surface area contributed by atoms with Gasteiger partial charge in [-0.3, -0.25) is 0 Å². The van der Waals surface area contributed by atoms with Crippen LogP contribution in [0.25, 0.3) is 0 Å². The number of rotatable bonds is 2. The summed E-state index contributed by atoms with van der Waals surface area (Å²) in [6.45, 7) is 7.50. The van der Waals surface area contributed by atoms with Crippen LogP contribution in [0.1, 0.15) is 40.0 Å². The Morgan fingerprint density at radius 2 is 1.81 bits per heavy atom. The summed E-state index contributed by atoms with van der Waals surface area (Å²) in [6.07, 6.45) is 2.96. The fourth-order valence-electron chi connectivity index (χ4n) is 2.43. The lowest BCUT2D eigenvalue weighted by atomic mass is 10.1. The number of benzene rings is 1. The van der Waals surface area contributed by atoms with Crippen LogP contribution in [-0.4, -0.2) is 29.6 Å². The van der Waals surface area contributed by atoms with E-state index in [0.717, 1.165) is 31.6 Å². The maximum absolute atomic E-state index is 12.4. The molecule has 1 aromatic carbocycles. The summed E-state index contributed by atoms with van der Waals surface area (Å²) in [6, 6.07) is 7.43. The Balaban J connectivity index is 2.18. The predicted octanol–water partition coefficient (Wildman–Crippen LogP) is 3.41. The molecule has 5 heteroatoms. The van der Waals surface area contributed by atoms with E-state index in [4.69, 9.17) is 10.6 Å². The van der Waals surface area contributed by atoms with Crippen molar-refractivity contribution in [1.82, 2.24) is 4.90 Å². The van der Waals surface area contributed by atoms with E-state index in [1.165, 1.54) is 6.42 Å². The number of amides is 1. The van der Waals surface area contributed by atoms with Crippen molar-refractivity contribution in [3.05, 3.63) is 24.3 Å². The van der Waals surface area contributed by atoms with Gasteiger partial charge in [-0.15, -0.1) is 0 Å². The number of piperidine rings is 1. The summed E-state index contributed by atoms with van der Waals surface area (Å²) < 4.78 is 0. The van der Waals surface area contributed by atoms with E-state index < -0.39 is 0 Å². The minimum absolute atomic E-state index is 0.298. The van der Waals surface area contributed by atoms with Gasteiger partial charge >= 0.3 is 6.09 Å². The van der Waals surface area contributed by atoms with Crippen molar-refractivity contribution in [2.45, 2.75) is 45.6 Å². The number of para-hydroxylation sites is 2. The Hall–Kier alpha value is -1.91. The first-order valence-corrected chi connectivity index (χ1v) is 7.51. The van der Waals surface area contributed by atoms with Crippen molar-refractivity contribution in [3.8, 4) is 0 Å². The van der Waals surface area contributed by atoms with Crippen LogP contribution in [-0.2, 0) is 4.84 Å². The molecule has 21 heavy (non-hydrogen) atoms. The highest BCUT2D eigenvalue weighted by molar-refractivity contribution is 5.73. The van der Waals surface area contributed by atoms with E-state index in [-0.39, 0.29) is 11.6 Å². The van der Waals surface area contributed by atoms with Gasteiger partial charge in [0.15, 0.2) is 0 Å². The minimum atomic E-state index is -0.374. The first-order chi connectivity index (χ1) is 9.89. The van der Waals surface area contributed by atoms with Crippen molar-refractivity contribution in [2.75, 3.05) is 23.9 Å². The molecular weight excluding hydrogens is 266 g/mol. The third kappa shape index (κ3) is 3.80. The van der Waals surface area contributed by atoms with Gasteiger partial charge in [0, 0.05) is 13.1 Å². The summed E-state index contributed by atoms with van der Waals surface area (Å²) in [4.78, 5) is 19.8. The zero-order valence-corrected chi connectivity index (χ0v) is 13.1. The van der Waals surface area contributed by atoms with Crippen LogP contribution in [0.15, 0.2) is 24.3 Å². The van der Waals surface area contributed by atoms with Crippen molar-refractivity contribution >= 4 is 17.5 Å². The highest BCUT2D eigenvalue weighted by atomic mass is 16.7. The molecule has 1 aliphatic heterocycles. The van der Waals surface area contributed by atoms with Crippen LogP contribution in [0.3, 0.4) is 0 Å². The lowest BCUT2D eigenvalue weighted by Crippen LogP contribution is -2.47. The van der Waals surface area contributed by atoms with Gasteiger partial charge in [0.05, 0.1) is 16.9 Å². The quantitative estimate of drug-likeness (QED) is 0.670. The summed E-state index contributed by atoms with van der Waals surface area (Å²) in [5.41, 5.74) is 6.97. The molecule has 2 N–H and O–H groups in total. The Morgan fingerprint density at radius 3 is 2.38 bits per heavy atom. The van der Waals surface area contributed by atoms with Gasteiger partial charge in [-0.05, 0) is 52.2 Å². The largest absolute Gasteiger partial charge is 0.434 e. The molecule has 0 unspecified atom stereocenters. The molecule has 1 fully saturated rings. The number of carbonyl (C=O) groups excluding carboxylic acids is 1. The number of nitrogens with zero attached hydrogens (tertiary/aromatic N) is 2. The number of likely N-dealkylation sites (tertiary alicyclic amines) is 1. The van der Waals surface area contributed by atoms with Gasteiger partial charge < -0.3 is 15.5 Å². The molecule has 0 saturated carbocycles. The fourth-order valence-corrected chi connectivity index (χ4v) is 2.43. The van der Waals surface area contributed by atoms with E-state index in [1.807, 2.05) is 45.0 Å². The molecule has 0 radical (unpaired) electrons. The van der Waals surface area contributed by atoms with Gasteiger partial charge in [0.1, 0.15) is 0 Å². The molecule has 0 aromatic heterocycles. The molecule has 2 rings (SSSR count). The van der Waals surface area contributed by atoms with E-state index in [2.05, 4.69) is 0 Å². The molecule has 116 valence electrons. The fraction of sp³-hybridized carbons (Fsp3) is 0.562. The van der Waals surface area contributed by atoms with E-state index in [1.54, 1.807) is 9.96 Å². The van der Waals surface area contributed by atoms with Gasteiger partial charge in [0.2, 0.25) is 0 Å². The van der Waals surface area contributed by atoms with E-state index in [9.17, 15) is 4.79 Å². The summed E-state index contributed by atoms with van der Waals surface area (Å²) in [7, 11) is 0. The van der Waals surface area contributed by atoms with Crippen LogP contribution in [0.2, 0.25) is 0 Å². The average molecular weight is 291 g/mol. The van der Waals surface area contributed by atoms with E-state index >= 15 is 0 Å². The minimum Gasteiger partial charge on any atom is -0.397 e. The zero-order chi connectivity index (χ0) is 15.5. The third-order valence-electron chi connectivity index (χ3n) is 3.55. The van der Waals surface area contributed by atoms with Crippen LogP contribution in [0.4, 0.5) is 16.2 Å². The standard InChI is InChI=1S/C16H25N3O2/c1-16(2,3)19(14-10-6-5-9-13(14)17)21-15(20)18-11-7-4-8-12-18/h5-6,9-10H,4,7-8,11-12,17H2,1-3H3. The summed E-state index contributed by atoms with van der Waals surface area (Å²) >= 11 is 0. The highest BCUT2D eigenvalue weighted by Crippen LogP contribution is 2.30. The second-order valence-electron chi connectivity index (χ2n) is 6.43. The number of anilines is 2. The van der Waals surface area contributed by atoms with E-state index in [0.29, 0.717) is 5.69 Å². The molecule has 1 aliphatic rings. The Morgan fingerprint density at radius 1 is 1.19 bits per heavy atom. The SMILES string of the molecule is CC(C)(C)N(OC(=O)N1CCCCC1)c1ccccc1N. The first kappa shape index (κ1) is 15.5. The number of nitrogen functional groups attached to an aromatic ring is 1. The van der Waals surface area contributed by atoms with Crippen molar-refractivity contribution in [1.29, 1.82) is 0 Å². The van der Waals surface area contributed by atoms with Crippen LogP contribution in [0.5, 0.6) is 0 Å². The average Bonchev–Trinajstić information content (AvgIpc) is 2.45. The van der Waals surface area contributed by atoms with Crippen molar-refractivity contribution in [2.24, 2.45) is 0 Å². The zero-order valence-electron chi connectivity index (χ0n) is 13.1.